The van der Waals surface area contributed by atoms with Crippen molar-refractivity contribution < 1.29 is 14.6 Å². The number of carboxylic acid groups (broad SMARTS) is 1. The van der Waals surface area contributed by atoms with Crippen LogP contribution < -0.4 is 0 Å². The lowest BCUT2D eigenvalue weighted by Crippen LogP contribution is -2.32. The number of hydrogen-bond acceptors (Lipinski definition) is 3. The highest BCUT2D eigenvalue weighted by Gasteiger charge is 2.40. The smallest absolute Gasteiger partial charge is 0.356 e. The maximum Gasteiger partial charge on any atom is 0.356 e. The van der Waals surface area contributed by atoms with Crippen molar-refractivity contribution >= 4 is 5.97 Å². The molecule has 1 N–H and O–H groups in total. The lowest BCUT2D eigenvalue weighted by Gasteiger charge is -2.33. The van der Waals surface area contributed by atoms with Gasteiger partial charge in [-0.25, -0.2) is 9.78 Å². The lowest BCUT2D eigenvalue weighted by molar-refractivity contribution is -0.0680. The Morgan fingerprint density at radius 3 is 2.89 bits per heavy atom. The Morgan fingerprint density at radius 2 is 2.21 bits per heavy atom. The molecule has 1 saturated heterocycles. The summed E-state index contributed by atoms with van der Waals surface area (Å²) >= 11 is 0. The van der Waals surface area contributed by atoms with Gasteiger partial charge in [0.15, 0.2) is 5.69 Å². The van der Waals surface area contributed by atoms with Crippen LogP contribution in [0.5, 0.6) is 0 Å². The van der Waals surface area contributed by atoms with Crippen LogP contribution in [0.2, 0.25) is 0 Å². The third kappa shape index (κ3) is 2.66. The largest absolute Gasteiger partial charge is 0.476 e. The van der Waals surface area contributed by atoms with E-state index in [9.17, 15) is 4.79 Å². The van der Waals surface area contributed by atoms with E-state index >= 15 is 0 Å². The lowest BCUT2D eigenvalue weighted by atomic mass is 9.83. The van der Waals surface area contributed by atoms with E-state index in [1.165, 1.54) is 32.1 Å². The molecule has 2 aliphatic rings. The number of aromatic nitrogens is 2. The molecule has 104 valence electrons. The Bertz CT molecular complexity index is 463. The van der Waals surface area contributed by atoms with Crippen LogP contribution in [0.15, 0.2) is 12.5 Å². The molecular formula is C14H20N2O3. The average Bonchev–Trinajstić information content (AvgIpc) is 2.99. The van der Waals surface area contributed by atoms with E-state index in [0.717, 1.165) is 12.8 Å². The van der Waals surface area contributed by atoms with Gasteiger partial charge in [-0.2, -0.15) is 0 Å². The number of ether oxygens (including phenoxy) is 1. The maximum absolute atomic E-state index is 10.8. The molecule has 1 aromatic heterocycles. The molecule has 0 amide bonds. The highest BCUT2D eigenvalue weighted by atomic mass is 16.5. The topological polar surface area (TPSA) is 64.3 Å². The van der Waals surface area contributed by atoms with Crippen molar-refractivity contribution in [3.63, 3.8) is 0 Å². The predicted octanol–water partition coefficient (Wildman–Crippen LogP) is 2.46. The molecule has 0 bridgehead atoms. The van der Waals surface area contributed by atoms with Crippen molar-refractivity contribution in [1.82, 2.24) is 9.55 Å². The Kier molecular flexibility index (Phi) is 3.31. The summed E-state index contributed by atoms with van der Waals surface area (Å²) in [6.45, 7) is 0.710. The van der Waals surface area contributed by atoms with E-state index in [0.29, 0.717) is 6.54 Å². The van der Waals surface area contributed by atoms with Crippen LogP contribution >= 0.6 is 0 Å². The fourth-order valence-corrected chi connectivity index (χ4v) is 3.39. The van der Waals surface area contributed by atoms with Crippen LogP contribution in [0, 0.1) is 0 Å². The number of nitrogens with zero attached hydrogens (tertiary/aromatic N) is 2. The Morgan fingerprint density at radius 1 is 1.42 bits per heavy atom. The standard InChI is InChI=1S/C14H20N2O3/c17-13(18)12-9-16(10-15-12)8-11-4-7-14(19-11)5-2-1-3-6-14/h9-11H,1-8H2,(H,17,18). The molecule has 1 aliphatic carbocycles. The SMILES string of the molecule is O=C(O)c1cn(CC2CCC3(CCCCC3)O2)cn1. The molecular weight excluding hydrogens is 244 g/mol. The first-order valence-corrected chi connectivity index (χ1v) is 7.10. The van der Waals surface area contributed by atoms with Crippen LogP contribution in [-0.2, 0) is 11.3 Å². The fraction of sp³-hybridized carbons (Fsp3) is 0.714. The second kappa shape index (κ2) is 4.96. The van der Waals surface area contributed by atoms with Crippen LogP contribution in [0.1, 0.15) is 55.4 Å². The van der Waals surface area contributed by atoms with E-state index in [-0.39, 0.29) is 17.4 Å². The number of hydrogen-bond donors (Lipinski definition) is 1. The summed E-state index contributed by atoms with van der Waals surface area (Å²) < 4.78 is 8.10. The van der Waals surface area contributed by atoms with Gasteiger partial charge in [0.1, 0.15) is 0 Å². The van der Waals surface area contributed by atoms with Crippen LogP contribution in [0.25, 0.3) is 0 Å². The first-order valence-electron chi connectivity index (χ1n) is 7.10. The Hall–Kier alpha value is -1.36. The zero-order chi connectivity index (χ0) is 13.3. The summed E-state index contributed by atoms with van der Waals surface area (Å²) in [4.78, 5) is 14.7. The van der Waals surface area contributed by atoms with Gasteiger partial charge in [0.05, 0.1) is 18.0 Å². The molecule has 1 atom stereocenters. The van der Waals surface area contributed by atoms with Gasteiger partial charge < -0.3 is 14.4 Å². The summed E-state index contributed by atoms with van der Waals surface area (Å²) in [6.07, 6.45) is 11.9. The van der Waals surface area contributed by atoms with Crippen LogP contribution in [0.4, 0.5) is 0 Å². The molecule has 2 heterocycles. The quantitative estimate of drug-likeness (QED) is 0.910. The van der Waals surface area contributed by atoms with Crippen molar-refractivity contribution in [2.45, 2.75) is 63.2 Å². The fourth-order valence-electron chi connectivity index (χ4n) is 3.39. The van der Waals surface area contributed by atoms with E-state index in [4.69, 9.17) is 9.84 Å². The minimum atomic E-state index is -0.977. The van der Waals surface area contributed by atoms with Crippen molar-refractivity contribution in [2.75, 3.05) is 0 Å². The molecule has 1 unspecified atom stereocenters. The Labute approximate surface area is 112 Å². The van der Waals surface area contributed by atoms with Crippen molar-refractivity contribution in [3.8, 4) is 0 Å². The average molecular weight is 264 g/mol. The Balaban J connectivity index is 1.60. The van der Waals surface area contributed by atoms with Crippen LogP contribution in [-0.4, -0.2) is 32.3 Å². The van der Waals surface area contributed by atoms with Gasteiger partial charge in [-0.1, -0.05) is 19.3 Å². The van der Waals surface area contributed by atoms with E-state index in [1.54, 1.807) is 12.5 Å². The second-order valence-electron chi connectivity index (χ2n) is 5.78. The van der Waals surface area contributed by atoms with Gasteiger partial charge in [0.2, 0.25) is 0 Å². The first kappa shape index (κ1) is 12.7. The number of carboxylic acids is 1. The number of imidazole rings is 1. The summed E-state index contributed by atoms with van der Waals surface area (Å²) in [7, 11) is 0. The summed E-state index contributed by atoms with van der Waals surface area (Å²) in [5, 5.41) is 8.85. The van der Waals surface area contributed by atoms with Gasteiger partial charge >= 0.3 is 5.97 Å². The molecule has 3 rings (SSSR count). The van der Waals surface area contributed by atoms with E-state index < -0.39 is 5.97 Å². The molecule has 0 radical (unpaired) electrons. The normalized spacial score (nSPS) is 25.8. The van der Waals surface area contributed by atoms with Gasteiger partial charge in [0, 0.05) is 12.7 Å². The number of carbonyl (C=O) groups is 1. The third-order valence-corrected chi connectivity index (χ3v) is 4.37. The monoisotopic (exact) mass is 264 g/mol. The van der Waals surface area contributed by atoms with Gasteiger partial charge in [0.25, 0.3) is 0 Å². The highest BCUT2D eigenvalue weighted by molar-refractivity contribution is 5.84. The molecule has 19 heavy (non-hydrogen) atoms. The summed E-state index contributed by atoms with van der Waals surface area (Å²) in [5.74, 6) is -0.977. The molecule has 1 saturated carbocycles. The van der Waals surface area contributed by atoms with Crippen molar-refractivity contribution in [1.29, 1.82) is 0 Å². The van der Waals surface area contributed by atoms with Crippen molar-refractivity contribution in [2.24, 2.45) is 0 Å². The summed E-state index contributed by atoms with van der Waals surface area (Å²) in [6, 6.07) is 0. The van der Waals surface area contributed by atoms with Gasteiger partial charge in [-0.05, 0) is 25.7 Å². The zero-order valence-corrected chi connectivity index (χ0v) is 11.0. The predicted molar refractivity (Wildman–Crippen MR) is 69.1 cm³/mol. The molecule has 5 nitrogen and oxygen atoms in total. The maximum atomic E-state index is 10.8. The summed E-state index contributed by atoms with van der Waals surface area (Å²) in [5.41, 5.74) is 0.226. The molecule has 0 aromatic carbocycles. The van der Waals surface area contributed by atoms with E-state index in [1.807, 2.05) is 4.57 Å². The molecule has 5 heteroatoms. The minimum absolute atomic E-state index is 0.102. The minimum Gasteiger partial charge on any atom is -0.476 e. The first-order chi connectivity index (χ1) is 9.17. The van der Waals surface area contributed by atoms with Gasteiger partial charge in [-0.3, -0.25) is 0 Å². The van der Waals surface area contributed by atoms with E-state index in [2.05, 4.69) is 4.98 Å². The molecule has 1 aliphatic heterocycles. The molecule has 1 spiro atoms. The van der Waals surface area contributed by atoms with Crippen LogP contribution in [0.3, 0.4) is 0 Å². The van der Waals surface area contributed by atoms with Gasteiger partial charge in [-0.15, -0.1) is 0 Å². The van der Waals surface area contributed by atoms with Crippen molar-refractivity contribution in [3.05, 3.63) is 18.2 Å². The molecule has 2 fully saturated rings. The zero-order valence-electron chi connectivity index (χ0n) is 11.0. The second-order valence-corrected chi connectivity index (χ2v) is 5.78. The molecule has 1 aromatic rings. The number of rotatable bonds is 3. The third-order valence-electron chi connectivity index (χ3n) is 4.37. The highest BCUT2D eigenvalue weighted by Crippen LogP contribution is 2.42. The number of aromatic carboxylic acids is 1.